The summed E-state index contributed by atoms with van der Waals surface area (Å²) in [5, 5.41) is 0.980. The zero-order chi connectivity index (χ0) is 13.7. The molecule has 0 N–H and O–H groups in total. The Morgan fingerprint density at radius 1 is 1.11 bits per heavy atom. The number of halogens is 1. The molecule has 1 aliphatic rings. The number of hydrogen-bond donors (Lipinski definition) is 0. The predicted octanol–water partition coefficient (Wildman–Crippen LogP) is 3.40. The van der Waals surface area contributed by atoms with Crippen LogP contribution >= 0.6 is 22.1 Å². The largest absolute Gasteiger partial charge is 0.446 e. The van der Waals surface area contributed by atoms with Crippen molar-refractivity contribution in [1.29, 1.82) is 0 Å². The number of rotatable bonds is 1. The van der Waals surface area contributed by atoms with Crippen LogP contribution in [0.2, 0.25) is 5.02 Å². The Hall–Kier alpha value is -1.65. The van der Waals surface area contributed by atoms with Crippen LogP contribution < -0.4 is 0 Å². The third-order valence-electron chi connectivity index (χ3n) is 2.97. The lowest BCUT2D eigenvalue weighted by Gasteiger charge is -2.12. The molecule has 1 unspecified atom stereocenters. The summed E-state index contributed by atoms with van der Waals surface area (Å²) in [6.45, 7) is 0. The Balaban J connectivity index is 2.26. The minimum Gasteiger partial charge on any atom is -0.446 e. The van der Waals surface area contributed by atoms with Gasteiger partial charge in [-0.3, -0.25) is 9.59 Å². The number of hydrogen-bond acceptors (Lipinski definition) is 3. The van der Waals surface area contributed by atoms with Gasteiger partial charge in [-0.1, -0.05) is 17.5 Å². The van der Waals surface area contributed by atoms with Gasteiger partial charge >= 0.3 is 0 Å². The van der Waals surface area contributed by atoms with Gasteiger partial charge in [0.25, 0.3) is 0 Å². The van der Waals surface area contributed by atoms with E-state index in [1.54, 1.807) is 18.2 Å². The third-order valence-corrected chi connectivity index (χ3v) is 4.10. The first-order valence-corrected chi connectivity index (χ1v) is 7.65. The molecule has 5 heteroatoms. The molecule has 0 saturated heterocycles. The van der Waals surface area contributed by atoms with Crippen molar-refractivity contribution in [2.45, 2.75) is 5.09 Å². The molecule has 0 fully saturated rings. The highest BCUT2D eigenvalue weighted by Crippen LogP contribution is 2.34. The van der Waals surface area contributed by atoms with Crippen LogP contribution in [0.5, 0.6) is 0 Å². The van der Waals surface area contributed by atoms with E-state index in [0.717, 1.165) is 0 Å². The van der Waals surface area contributed by atoms with E-state index in [2.05, 4.69) is 5.87 Å². The minimum absolute atomic E-state index is 0.0952. The van der Waals surface area contributed by atoms with Crippen molar-refractivity contribution in [2.24, 2.45) is 0 Å². The Kier molecular flexibility index (Phi) is 2.73. The molecule has 3 rings (SSSR count). The van der Waals surface area contributed by atoms with Crippen molar-refractivity contribution < 1.29 is 14.0 Å². The Labute approximate surface area is 117 Å². The van der Waals surface area contributed by atoms with Crippen molar-refractivity contribution >= 4 is 39.5 Å². The SMILES string of the molecule is C=S(C)c1cc2c(o1)C(=O)c1cc(Cl)ccc1C2=O. The van der Waals surface area contributed by atoms with Crippen molar-refractivity contribution in [3.8, 4) is 0 Å². The summed E-state index contributed by atoms with van der Waals surface area (Å²) in [5.41, 5.74) is 0.984. The van der Waals surface area contributed by atoms with E-state index in [1.165, 1.54) is 6.07 Å². The maximum absolute atomic E-state index is 12.3. The summed E-state index contributed by atoms with van der Waals surface area (Å²) < 4.78 is 5.48. The molecular weight excluding hydrogens is 284 g/mol. The highest BCUT2D eigenvalue weighted by atomic mass is 35.5. The number of benzene rings is 1. The van der Waals surface area contributed by atoms with Crippen LogP contribution in [0.15, 0.2) is 33.8 Å². The maximum Gasteiger partial charge on any atom is 0.229 e. The van der Waals surface area contributed by atoms with Gasteiger partial charge in [0.2, 0.25) is 5.78 Å². The van der Waals surface area contributed by atoms with Gasteiger partial charge in [0, 0.05) is 22.2 Å². The lowest BCUT2D eigenvalue weighted by Crippen LogP contribution is -2.18. The van der Waals surface area contributed by atoms with Gasteiger partial charge < -0.3 is 4.42 Å². The fourth-order valence-electron chi connectivity index (χ4n) is 2.05. The average molecular weight is 293 g/mol. The molecule has 0 amide bonds. The fraction of sp³-hybridized carbons (Fsp3) is 0.0714. The molecule has 96 valence electrons. The first-order valence-electron chi connectivity index (χ1n) is 5.47. The molecule has 19 heavy (non-hydrogen) atoms. The van der Waals surface area contributed by atoms with E-state index in [9.17, 15) is 9.59 Å². The van der Waals surface area contributed by atoms with E-state index in [-0.39, 0.29) is 17.3 Å². The van der Waals surface area contributed by atoms with E-state index in [1.807, 2.05) is 6.26 Å². The number of carbonyl (C=O) groups excluding carboxylic acids is 2. The van der Waals surface area contributed by atoms with E-state index in [4.69, 9.17) is 16.0 Å². The van der Waals surface area contributed by atoms with E-state index < -0.39 is 10.5 Å². The van der Waals surface area contributed by atoms with Crippen molar-refractivity contribution in [1.82, 2.24) is 0 Å². The Morgan fingerprint density at radius 3 is 2.53 bits per heavy atom. The molecule has 0 radical (unpaired) electrons. The second kappa shape index (κ2) is 4.18. The van der Waals surface area contributed by atoms with Crippen LogP contribution in [0.4, 0.5) is 0 Å². The van der Waals surface area contributed by atoms with Gasteiger partial charge in [-0.05, 0) is 24.5 Å². The molecule has 2 aromatic rings. The third kappa shape index (κ3) is 1.79. The lowest BCUT2D eigenvalue weighted by molar-refractivity contribution is 0.0957. The zero-order valence-corrected chi connectivity index (χ0v) is 11.6. The molecule has 1 aliphatic carbocycles. The van der Waals surface area contributed by atoms with E-state index in [0.29, 0.717) is 26.8 Å². The molecule has 0 bridgehead atoms. The normalized spacial score (nSPS) is 15.1. The summed E-state index contributed by atoms with van der Waals surface area (Å²) in [6.07, 6.45) is 1.86. The van der Waals surface area contributed by atoms with Crippen molar-refractivity contribution in [3.05, 3.63) is 51.7 Å². The Bertz CT molecular complexity index is 758. The molecule has 0 aliphatic heterocycles. The second-order valence-corrected chi connectivity index (χ2v) is 6.41. The predicted molar refractivity (Wildman–Crippen MR) is 75.9 cm³/mol. The first-order chi connectivity index (χ1) is 8.99. The van der Waals surface area contributed by atoms with Gasteiger partial charge in [-0.25, -0.2) is 0 Å². The summed E-state index contributed by atoms with van der Waals surface area (Å²) in [5.74, 6) is 3.44. The van der Waals surface area contributed by atoms with Gasteiger partial charge in [-0.15, -0.1) is 10.5 Å². The van der Waals surface area contributed by atoms with Gasteiger partial charge in [0.15, 0.2) is 16.6 Å². The van der Waals surface area contributed by atoms with Crippen LogP contribution in [0, 0.1) is 0 Å². The molecule has 3 nitrogen and oxygen atoms in total. The quantitative estimate of drug-likeness (QED) is 0.646. The van der Waals surface area contributed by atoms with Crippen LogP contribution in [0.1, 0.15) is 32.0 Å². The van der Waals surface area contributed by atoms with Crippen molar-refractivity contribution in [3.63, 3.8) is 0 Å². The highest BCUT2D eigenvalue weighted by Gasteiger charge is 2.33. The lowest BCUT2D eigenvalue weighted by atomic mass is 9.89. The first kappa shape index (κ1) is 12.4. The summed E-state index contributed by atoms with van der Waals surface area (Å²) >= 11 is 5.87. The van der Waals surface area contributed by atoms with Crippen LogP contribution in [0.25, 0.3) is 0 Å². The molecular formula is C14H9ClO3S. The number of ketones is 2. The highest BCUT2D eigenvalue weighted by molar-refractivity contribution is 8.13. The van der Waals surface area contributed by atoms with Crippen LogP contribution in [0.3, 0.4) is 0 Å². The van der Waals surface area contributed by atoms with Crippen LogP contribution in [-0.2, 0) is 0 Å². The Morgan fingerprint density at radius 2 is 1.84 bits per heavy atom. The zero-order valence-electron chi connectivity index (χ0n) is 10.0. The fourth-order valence-corrected chi connectivity index (χ4v) is 2.76. The van der Waals surface area contributed by atoms with Gasteiger partial charge in [0.1, 0.15) is 0 Å². The monoisotopic (exact) mass is 292 g/mol. The summed E-state index contributed by atoms with van der Waals surface area (Å²) in [7, 11) is -0.391. The minimum atomic E-state index is -0.391. The smallest absolute Gasteiger partial charge is 0.229 e. The van der Waals surface area contributed by atoms with Gasteiger partial charge in [0.05, 0.1) is 5.56 Å². The molecule has 0 spiro atoms. The molecule has 0 saturated carbocycles. The standard InChI is InChI=1S/C14H9ClO3S/c1-19(2)11-6-10-12(16)8-4-3-7(15)5-9(8)13(17)14(10)18-11/h3-6H,1H2,2H3. The maximum atomic E-state index is 12.3. The van der Waals surface area contributed by atoms with Crippen molar-refractivity contribution in [2.75, 3.05) is 6.26 Å². The summed E-state index contributed by atoms with van der Waals surface area (Å²) in [4.78, 5) is 24.6. The molecule has 1 heterocycles. The molecule has 1 aromatic heterocycles. The number of fused-ring (bicyclic) bond motifs is 2. The second-order valence-electron chi connectivity index (χ2n) is 4.29. The number of furan rings is 1. The molecule has 1 aromatic carbocycles. The summed E-state index contributed by atoms with van der Waals surface area (Å²) in [6, 6.07) is 6.29. The van der Waals surface area contributed by atoms with Gasteiger partial charge in [-0.2, -0.15) is 0 Å². The molecule has 1 atom stereocenters. The topological polar surface area (TPSA) is 47.3 Å². The average Bonchev–Trinajstić information content (AvgIpc) is 2.81. The van der Waals surface area contributed by atoms with Crippen LogP contribution in [-0.4, -0.2) is 23.7 Å². The van der Waals surface area contributed by atoms with E-state index >= 15 is 0 Å². The number of carbonyl (C=O) groups is 2.